The summed E-state index contributed by atoms with van der Waals surface area (Å²) in [4.78, 5) is 37.1. The van der Waals surface area contributed by atoms with Crippen LogP contribution in [0.25, 0.3) is 0 Å². The Balaban J connectivity index is 1.18. The van der Waals surface area contributed by atoms with Crippen molar-refractivity contribution in [1.29, 1.82) is 0 Å². The minimum Gasteiger partial charge on any atom is -0.356 e. The molecule has 1 atom stereocenters. The lowest BCUT2D eigenvalue weighted by Crippen LogP contribution is -2.48. The van der Waals surface area contributed by atoms with Crippen LogP contribution in [0.15, 0.2) is 24.5 Å². The van der Waals surface area contributed by atoms with E-state index in [4.69, 9.17) is 0 Å². The SMILES string of the molecule is O=C1CCN(Cc2cccnc2)CCCC(C(=O)NCCN2CCC(N3CCCCC3)CC2)CCN1. The number of aromatic nitrogens is 1. The van der Waals surface area contributed by atoms with E-state index in [-0.39, 0.29) is 17.7 Å². The van der Waals surface area contributed by atoms with Crippen molar-refractivity contribution in [2.45, 2.75) is 70.4 Å². The topological polar surface area (TPSA) is 80.8 Å². The van der Waals surface area contributed by atoms with Crippen LogP contribution >= 0.6 is 0 Å². The van der Waals surface area contributed by atoms with Gasteiger partial charge in [-0.1, -0.05) is 12.5 Å². The summed E-state index contributed by atoms with van der Waals surface area (Å²) in [5.41, 5.74) is 1.15. The summed E-state index contributed by atoms with van der Waals surface area (Å²) in [6.45, 7) is 9.45. The molecule has 2 amide bonds. The van der Waals surface area contributed by atoms with E-state index in [9.17, 15) is 9.59 Å². The minimum absolute atomic E-state index is 0.0477. The van der Waals surface area contributed by atoms with Crippen molar-refractivity contribution in [2.24, 2.45) is 5.92 Å². The van der Waals surface area contributed by atoms with Crippen LogP contribution in [0.1, 0.15) is 63.4 Å². The fourth-order valence-corrected chi connectivity index (χ4v) is 5.99. The Morgan fingerprint density at radius 3 is 2.58 bits per heavy atom. The number of nitrogens with one attached hydrogen (secondary N) is 2. The van der Waals surface area contributed by atoms with Gasteiger partial charge in [-0.15, -0.1) is 0 Å². The normalized spacial score (nSPS) is 24.6. The molecule has 200 valence electrons. The van der Waals surface area contributed by atoms with Gasteiger partial charge < -0.3 is 20.4 Å². The maximum absolute atomic E-state index is 13.0. The Morgan fingerprint density at radius 2 is 1.81 bits per heavy atom. The van der Waals surface area contributed by atoms with Crippen LogP contribution in [-0.2, 0) is 16.1 Å². The van der Waals surface area contributed by atoms with Gasteiger partial charge in [0.25, 0.3) is 0 Å². The number of rotatable bonds is 7. The van der Waals surface area contributed by atoms with Crippen LogP contribution in [0.4, 0.5) is 0 Å². The molecule has 4 rings (SSSR count). The van der Waals surface area contributed by atoms with E-state index in [2.05, 4.69) is 36.4 Å². The van der Waals surface area contributed by atoms with Crippen molar-refractivity contribution in [3.05, 3.63) is 30.1 Å². The van der Waals surface area contributed by atoms with Crippen LogP contribution in [-0.4, -0.2) is 96.4 Å². The number of pyridine rings is 1. The van der Waals surface area contributed by atoms with Crippen LogP contribution in [0.3, 0.4) is 0 Å². The number of carbonyl (C=O) groups is 2. The lowest BCUT2D eigenvalue weighted by atomic mass is 9.98. The number of piperidine rings is 2. The number of hydrogen-bond donors (Lipinski definition) is 2. The van der Waals surface area contributed by atoms with Gasteiger partial charge in [0.15, 0.2) is 0 Å². The largest absolute Gasteiger partial charge is 0.356 e. The van der Waals surface area contributed by atoms with Gasteiger partial charge in [0.1, 0.15) is 0 Å². The summed E-state index contributed by atoms with van der Waals surface area (Å²) in [6.07, 6.45) is 13.3. The molecule has 3 aliphatic rings. The van der Waals surface area contributed by atoms with Crippen LogP contribution in [0, 0.1) is 5.92 Å². The van der Waals surface area contributed by atoms with Crippen LogP contribution in [0.2, 0.25) is 0 Å². The second-order valence-corrected chi connectivity index (χ2v) is 10.8. The van der Waals surface area contributed by atoms with Gasteiger partial charge in [-0.05, 0) is 89.3 Å². The average molecular weight is 499 g/mol. The third-order valence-corrected chi connectivity index (χ3v) is 8.19. The molecule has 1 aromatic rings. The van der Waals surface area contributed by atoms with E-state index in [0.29, 0.717) is 25.9 Å². The maximum Gasteiger partial charge on any atom is 0.223 e. The monoisotopic (exact) mass is 498 g/mol. The molecule has 36 heavy (non-hydrogen) atoms. The molecule has 2 N–H and O–H groups in total. The molecule has 0 aliphatic carbocycles. The minimum atomic E-state index is -0.0477. The van der Waals surface area contributed by atoms with Crippen molar-refractivity contribution in [1.82, 2.24) is 30.3 Å². The summed E-state index contributed by atoms with van der Waals surface area (Å²) < 4.78 is 0. The molecule has 4 heterocycles. The second-order valence-electron chi connectivity index (χ2n) is 10.8. The first-order valence-corrected chi connectivity index (χ1v) is 14.3. The zero-order valence-electron chi connectivity index (χ0n) is 22.0. The molecule has 3 aliphatic heterocycles. The van der Waals surface area contributed by atoms with Crippen molar-refractivity contribution in [2.75, 3.05) is 58.9 Å². The molecule has 0 bridgehead atoms. The molecule has 0 spiro atoms. The zero-order chi connectivity index (χ0) is 25.0. The predicted octanol–water partition coefficient (Wildman–Crippen LogP) is 2.26. The van der Waals surface area contributed by atoms with Crippen molar-refractivity contribution < 1.29 is 9.59 Å². The fraction of sp³-hybridized carbons (Fsp3) is 0.750. The predicted molar refractivity (Wildman–Crippen MR) is 142 cm³/mol. The Morgan fingerprint density at radius 1 is 0.972 bits per heavy atom. The van der Waals surface area contributed by atoms with Gasteiger partial charge in [0.05, 0.1) is 0 Å². The lowest BCUT2D eigenvalue weighted by molar-refractivity contribution is -0.126. The summed E-state index contributed by atoms with van der Waals surface area (Å²) in [6, 6.07) is 4.78. The van der Waals surface area contributed by atoms with E-state index >= 15 is 0 Å². The van der Waals surface area contributed by atoms with E-state index in [1.54, 1.807) is 6.20 Å². The second kappa shape index (κ2) is 14.6. The van der Waals surface area contributed by atoms with E-state index in [1.165, 1.54) is 45.2 Å². The molecule has 1 aromatic heterocycles. The Bertz CT molecular complexity index is 792. The highest BCUT2D eigenvalue weighted by Gasteiger charge is 2.26. The van der Waals surface area contributed by atoms with Crippen LogP contribution in [0.5, 0.6) is 0 Å². The zero-order valence-corrected chi connectivity index (χ0v) is 22.0. The molecule has 8 heteroatoms. The number of likely N-dealkylation sites (tertiary alicyclic amines) is 2. The van der Waals surface area contributed by atoms with Crippen molar-refractivity contribution in [3.8, 4) is 0 Å². The summed E-state index contributed by atoms with van der Waals surface area (Å²) >= 11 is 0. The molecule has 3 fully saturated rings. The number of hydrogen-bond acceptors (Lipinski definition) is 6. The van der Waals surface area contributed by atoms with Crippen molar-refractivity contribution in [3.63, 3.8) is 0 Å². The average Bonchev–Trinajstić information content (AvgIpc) is 2.95. The van der Waals surface area contributed by atoms with E-state index in [1.807, 2.05) is 12.3 Å². The highest BCUT2D eigenvalue weighted by Crippen LogP contribution is 2.20. The number of amides is 2. The summed E-state index contributed by atoms with van der Waals surface area (Å²) in [5.74, 6) is 0.166. The van der Waals surface area contributed by atoms with Gasteiger partial charge >= 0.3 is 0 Å². The van der Waals surface area contributed by atoms with Crippen molar-refractivity contribution >= 4 is 11.8 Å². The quantitative estimate of drug-likeness (QED) is 0.600. The van der Waals surface area contributed by atoms with Gasteiger partial charge in [0.2, 0.25) is 11.8 Å². The molecule has 8 nitrogen and oxygen atoms in total. The van der Waals surface area contributed by atoms with Gasteiger partial charge in [0, 0.05) is 63.5 Å². The smallest absolute Gasteiger partial charge is 0.223 e. The molecule has 0 saturated carbocycles. The molecule has 0 radical (unpaired) electrons. The Hall–Kier alpha value is -2.03. The fourth-order valence-electron chi connectivity index (χ4n) is 5.99. The summed E-state index contributed by atoms with van der Waals surface area (Å²) in [5, 5.41) is 6.23. The van der Waals surface area contributed by atoms with E-state index in [0.717, 1.165) is 63.7 Å². The molecular weight excluding hydrogens is 452 g/mol. The first-order valence-electron chi connectivity index (χ1n) is 14.3. The molecule has 0 aromatic carbocycles. The molecular formula is C28H46N6O2. The lowest BCUT2D eigenvalue weighted by Gasteiger charge is -2.40. The third-order valence-electron chi connectivity index (χ3n) is 8.19. The highest BCUT2D eigenvalue weighted by atomic mass is 16.2. The Labute approximate surface area is 217 Å². The first-order chi connectivity index (χ1) is 17.7. The Kier molecular flexibility index (Phi) is 11.0. The maximum atomic E-state index is 13.0. The van der Waals surface area contributed by atoms with Crippen LogP contribution < -0.4 is 10.6 Å². The summed E-state index contributed by atoms with van der Waals surface area (Å²) in [7, 11) is 0. The standard InChI is InChI=1S/C28H46N6O2/c35-27-11-20-33(23-24-6-4-12-29-22-24)15-5-7-25(8-13-30-27)28(36)31-14-21-32-18-9-26(10-19-32)34-16-2-1-3-17-34/h4,6,12,22,25-26H,1-3,5,7-11,13-21,23H2,(H,30,35)(H,31,36). The highest BCUT2D eigenvalue weighted by molar-refractivity contribution is 5.79. The first kappa shape index (κ1) is 27.0. The number of nitrogens with zero attached hydrogens (tertiary/aromatic N) is 4. The van der Waals surface area contributed by atoms with E-state index < -0.39 is 0 Å². The third kappa shape index (κ3) is 8.82. The number of carbonyl (C=O) groups excluding carboxylic acids is 2. The molecule has 3 saturated heterocycles. The van der Waals surface area contributed by atoms with Gasteiger partial charge in [-0.25, -0.2) is 0 Å². The molecule has 1 unspecified atom stereocenters. The van der Waals surface area contributed by atoms with Gasteiger partial charge in [-0.2, -0.15) is 0 Å². The van der Waals surface area contributed by atoms with Gasteiger partial charge in [-0.3, -0.25) is 19.5 Å².